The highest BCUT2D eigenvalue weighted by molar-refractivity contribution is 6.29. The monoisotopic (exact) mass is 238 g/mol. The van der Waals surface area contributed by atoms with E-state index in [1.165, 1.54) is 6.20 Å². The molecule has 0 spiro atoms. The van der Waals surface area contributed by atoms with Gasteiger partial charge in [-0.3, -0.25) is 4.79 Å². The number of carbonyl (C=O) groups is 1. The summed E-state index contributed by atoms with van der Waals surface area (Å²) in [5.74, 6) is -0.0362. The topological polar surface area (TPSA) is 33.2 Å². The second kappa shape index (κ2) is 6.28. The van der Waals surface area contributed by atoms with Crippen LogP contribution in [0.15, 0.2) is 31.0 Å². The summed E-state index contributed by atoms with van der Waals surface area (Å²) < 4.78 is 0. The first-order valence-corrected chi connectivity index (χ1v) is 5.58. The zero-order valence-corrected chi connectivity index (χ0v) is 10.1. The molecule has 0 saturated heterocycles. The molecule has 3 nitrogen and oxygen atoms in total. The summed E-state index contributed by atoms with van der Waals surface area (Å²) >= 11 is 5.67. The Morgan fingerprint density at radius 2 is 2.38 bits per heavy atom. The van der Waals surface area contributed by atoms with Gasteiger partial charge >= 0.3 is 0 Å². The largest absolute Gasteiger partial charge is 0.335 e. The van der Waals surface area contributed by atoms with Crippen molar-refractivity contribution in [3.63, 3.8) is 0 Å². The highest BCUT2D eigenvalue weighted by atomic mass is 35.5. The molecular weight excluding hydrogens is 224 g/mol. The number of hydrogen-bond acceptors (Lipinski definition) is 2. The van der Waals surface area contributed by atoms with Crippen LogP contribution in [0.2, 0.25) is 5.15 Å². The molecule has 16 heavy (non-hydrogen) atoms. The number of aromatic nitrogens is 1. The summed E-state index contributed by atoms with van der Waals surface area (Å²) in [6, 6.07) is 3.30. The van der Waals surface area contributed by atoms with Gasteiger partial charge in [-0.05, 0) is 18.6 Å². The maximum absolute atomic E-state index is 12.0. The molecule has 0 atom stereocenters. The summed E-state index contributed by atoms with van der Waals surface area (Å²) in [5.41, 5.74) is 0.555. The lowest BCUT2D eigenvalue weighted by atomic mass is 10.2. The van der Waals surface area contributed by atoms with Crippen LogP contribution in [0.5, 0.6) is 0 Å². The normalized spacial score (nSPS) is 9.88. The van der Waals surface area contributed by atoms with Crippen LogP contribution in [0.4, 0.5) is 0 Å². The molecular formula is C12H15ClN2O. The third kappa shape index (κ3) is 3.35. The molecule has 1 rings (SSSR count). The predicted molar refractivity (Wildman–Crippen MR) is 65.6 cm³/mol. The minimum Gasteiger partial charge on any atom is -0.335 e. The minimum absolute atomic E-state index is 0.0362. The lowest BCUT2D eigenvalue weighted by Crippen LogP contribution is -2.31. The molecule has 1 amide bonds. The Morgan fingerprint density at radius 3 is 2.88 bits per heavy atom. The van der Waals surface area contributed by atoms with Gasteiger partial charge in [0, 0.05) is 19.3 Å². The maximum Gasteiger partial charge on any atom is 0.255 e. The molecule has 0 N–H and O–H groups in total. The molecule has 0 saturated carbocycles. The first-order valence-electron chi connectivity index (χ1n) is 5.20. The Labute approximate surface area is 101 Å². The van der Waals surface area contributed by atoms with Gasteiger partial charge in [-0.1, -0.05) is 24.6 Å². The molecule has 1 aromatic heterocycles. The highest BCUT2D eigenvalue weighted by Crippen LogP contribution is 2.08. The van der Waals surface area contributed by atoms with Crippen LogP contribution in [-0.2, 0) is 0 Å². The van der Waals surface area contributed by atoms with E-state index in [4.69, 9.17) is 11.6 Å². The van der Waals surface area contributed by atoms with Crippen LogP contribution in [0, 0.1) is 0 Å². The summed E-state index contributed by atoms with van der Waals surface area (Å²) in [7, 11) is 0. The average Bonchev–Trinajstić information content (AvgIpc) is 2.29. The molecule has 0 aliphatic heterocycles. The fraction of sp³-hybridized carbons (Fsp3) is 0.333. The van der Waals surface area contributed by atoms with Crippen molar-refractivity contribution < 1.29 is 4.79 Å². The molecule has 4 heteroatoms. The zero-order chi connectivity index (χ0) is 12.0. The Morgan fingerprint density at radius 1 is 1.62 bits per heavy atom. The van der Waals surface area contributed by atoms with E-state index in [0.29, 0.717) is 23.8 Å². The summed E-state index contributed by atoms with van der Waals surface area (Å²) in [5, 5.41) is 0.391. The van der Waals surface area contributed by atoms with Crippen LogP contribution < -0.4 is 0 Å². The number of pyridine rings is 1. The molecule has 1 aromatic rings. The van der Waals surface area contributed by atoms with Crippen LogP contribution in [-0.4, -0.2) is 28.9 Å². The van der Waals surface area contributed by atoms with Crippen molar-refractivity contribution in [1.82, 2.24) is 9.88 Å². The van der Waals surface area contributed by atoms with E-state index in [1.54, 1.807) is 23.1 Å². The lowest BCUT2D eigenvalue weighted by Gasteiger charge is -2.20. The smallest absolute Gasteiger partial charge is 0.255 e. The molecule has 1 heterocycles. The third-order valence-electron chi connectivity index (χ3n) is 2.10. The molecule has 0 aliphatic carbocycles. The molecule has 0 aromatic carbocycles. The highest BCUT2D eigenvalue weighted by Gasteiger charge is 2.13. The minimum atomic E-state index is -0.0362. The second-order valence-corrected chi connectivity index (χ2v) is 3.80. The number of amides is 1. The summed E-state index contributed by atoms with van der Waals surface area (Å²) in [6.07, 6.45) is 4.13. The van der Waals surface area contributed by atoms with Crippen LogP contribution in [0.1, 0.15) is 23.7 Å². The number of hydrogen-bond donors (Lipinski definition) is 0. The van der Waals surface area contributed by atoms with Gasteiger partial charge in [0.1, 0.15) is 5.15 Å². The number of nitrogens with zero attached hydrogens (tertiary/aromatic N) is 2. The van der Waals surface area contributed by atoms with Crippen LogP contribution >= 0.6 is 11.6 Å². The van der Waals surface area contributed by atoms with Crippen molar-refractivity contribution in [2.24, 2.45) is 0 Å². The summed E-state index contributed by atoms with van der Waals surface area (Å²) in [6.45, 7) is 6.94. The predicted octanol–water partition coefficient (Wildman–Crippen LogP) is 2.77. The van der Waals surface area contributed by atoms with Gasteiger partial charge in [0.15, 0.2) is 0 Å². The average molecular weight is 239 g/mol. The van der Waals surface area contributed by atoms with Crippen molar-refractivity contribution in [2.75, 3.05) is 13.1 Å². The van der Waals surface area contributed by atoms with Crippen molar-refractivity contribution in [3.05, 3.63) is 41.7 Å². The van der Waals surface area contributed by atoms with Crippen molar-refractivity contribution in [3.8, 4) is 0 Å². The quantitative estimate of drug-likeness (QED) is 0.584. The van der Waals surface area contributed by atoms with E-state index < -0.39 is 0 Å². The molecule has 0 aliphatic rings. The zero-order valence-electron chi connectivity index (χ0n) is 9.32. The summed E-state index contributed by atoms with van der Waals surface area (Å²) in [4.78, 5) is 17.7. The van der Waals surface area contributed by atoms with Gasteiger partial charge in [0.25, 0.3) is 5.91 Å². The van der Waals surface area contributed by atoms with Crippen molar-refractivity contribution >= 4 is 17.5 Å². The number of halogens is 1. The Balaban J connectivity index is 2.80. The van der Waals surface area contributed by atoms with Gasteiger partial charge in [-0.25, -0.2) is 4.98 Å². The first-order chi connectivity index (χ1) is 7.69. The molecule has 0 fully saturated rings. The van der Waals surface area contributed by atoms with Gasteiger partial charge in [0.05, 0.1) is 5.56 Å². The Bertz CT molecular complexity index is 362. The molecule has 0 radical (unpaired) electrons. The van der Waals surface area contributed by atoms with Crippen LogP contribution in [0.3, 0.4) is 0 Å². The van der Waals surface area contributed by atoms with Gasteiger partial charge < -0.3 is 4.90 Å². The second-order valence-electron chi connectivity index (χ2n) is 3.41. The van der Waals surface area contributed by atoms with Crippen molar-refractivity contribution in [1.29, 1.82) is 0 Å². The Hall–Kier alpha value is -1.35. The lowest BCUT2D eigenvalue weighted by molar-refractivity contribution is 0.0773. The van der Waals surface area contributed by atoms with E-state index in [0.717, 1.165) is 6.42 Å². The van der Waals surface area contributed by atoms with Gasteiger partial charge in [-0.15, -0.1) is 6.58 Å². The fourth-order valence-electron chi connectivity index (χ4n) is 1.39. The van der Waals surface area contributed by atoms with E-state index >= 15 is 0 Å². The SMILES string of the molecule is C=CCN(CCC)C(=O)c1ccc(Cl)nc1. The standard InChI is InChI=1S/C12H15ClN2O/c1-3-7-15(8-4-2)12(16)10-5-6-11(13)14-9-10/h3,5-6,9H,1,4,7-8H2,2H3. The third-order valence-corrected chi connectivity index (χ3v) is 2.33. The molecule has 0 unspecified atom stereocenters. The van der Waals surface area contributed by atoms with E-state index in [-0.39, 0.29) is 5.91 Å². The molecule has 0 bridgehead atoms. The number of carbonyl (C=O) groups excluding carboxylic acids is 1. The maximum atomic E-state index is 12.0. The van der Waals surface area contributed by atoms with Crippen molar-refractivity contribution in [2.45, 2.75) is 13.3 Å². The Kier molecular flexibility index (Phi) is 4.99. The number of rotatable bonds is 5. The first kappa shape index (κ1) is 12.7. The molecule has 86 valence electrons. The van der Waals surface area contributed by atoms with E-state index in [1.807, 2.05) is 6.92 Å². The fourth-order valence-corrected chi connectivity index (χ4v) is 1.50. The van der Waals surface area contributed by atoms with Gasteiger partial charge in [0.2, 0.25) is 0 Å². The van der Waals surface area contributed by atoms with Crippen LogP contribution in [0.25, 0.3) is 0 Å². The van der Waals surface area contributed by atoms with Gasteiger partial charge in [-0.2, -0.15) is 0 Å². The van der Waals surface area contributed by atoms with E-state index in [2.05, 4.69) is 11.6 Å². The van der Waals surface area contributed by atoms with E-state index in [9.17, 15) is 4.79 Å².